The van der Waals surface area contributed by atoms with Gasteiger partial charge in [0.15, 0.2) is 0 Å². The molecule has 0 fully saturated rings. The van der Waals surface area contributed by atoms with Crippen LogP contribution >= 0.6 is 0 Å². The maximum atomic E-state index is 7.23. The van der Waals surface area contributed by atoms with Crippen molar-refractivity contribution in [3.63, 3.8) is 0 Å². The van der Waals surface area contributed by atoms with E-state index < -0.39 is 52.9 Å². The minimum Gasteiger partial charge on any atom is -0.501 e. The first kappa shape index (κ1) is 99.1. The Balaban J connectivity index is 0.000000149. The number of rotatable bonds is 12. The maximum Gasteiger partial charge on any atom is 0.120 e. The van der Waals surface area contributed by atoms with E-state index in [0.29, 0.717) is 0 Å². The van der Waals surface area contributed by atoms with Gasteiger partial charge in [-0.25, -0.2) is 0 Å². The van der Waals surface area contributed by atoms with Gasteiger partial charge in [-0.15, -0.1) is 215 Å². The van der Waals surface area contributed by atoms with Crippen molar-refractivity contribution in [1.29, 1.82) is 0 Å². The SMILES string of the molecule is C[Si](C)(C)c1c[c-]c(-c2ccccn2)c2oc3ccccc3c12.C[Si](C)(C)c1ccc2c(c1)oc1c(-c3ccccn3)[c-]ccc12.C[Si](C)(C)c1ccc2oc3c(-c4ccccn4)[c-]ccc3c2c1.C[Si](C)(C)c1cccc2c1oc1c(-c3ccccn3)[c-]ccc12.Cc1ccc(-c2[c-]cccc2)nc1.[2H]C([2H])([2H])c1ccc(-c2[c-]cccc2)nc1.[2H]C([2H])([2H])c1ccc(-c2[c-]cccc2)nc1.[2H]C([2H])([2H])c1ccc(-c2[c-]cccc2)nc1.[Ir].[Ir].[Ir].[Ir]. The molecule has 748 valence electrons. The van der Waals surface area contributed by atoms with E-state index in [9.17, 15) is 0 Å². The third-order valence-corrected chi connectivity index (χ3v) is 32.1. The summed E-state index contributed by atoms with van der Waals surface area (Å²) in [5.74, 6) is 0. The summed E-state index contributed by atoms with van der Waals surface area (Å²) in [4.78, 5) is 34.5. The van der Waals surface area contributed by atoms with Gasteiger partial charge in [-0.3, -0.25) is 0 Å². The van der Waals surface area contributed by atoms with Gasteiger partial charge in [-0.1, -0.05) is 290 Å². The van der Waals surface area contributed by atoms with Crippen LogP contribution < -0.4 is 20.7 Å². The average molecular weight is 2720 g/mol. The summed E-state index contributed by atoms with van der Waals surface area (Å²) in [6.45, 7) is 24.0. The molecule has 24 aromatic rings. The fraction of sp³-hybridized carbons (Fsp3) is 0.125. The number of hydrogen-bond acceptors (Lipinski definition) is 12. The predicted molar refractivity (Wildman–Crippen MR) is 608 cm³/mol. The number of aromatic nitrogens is 8. The molecule has 0 amide bonds. The molecule has 148 heavy (non-hydrogen) atoms. The van der Waals surface area contributed by atoms with Gasteiger partial charge in [0.2, 0.25) is 0 Å². The summed E-state index contributed by atoms with van der Waals surface area (Å²) in [6, 6.07) is 136. The molecule has 0 atom stereocenters. The van der Waals surface area contributed by atoms with Crippen molar-refractivity contribution < 1.29 is 110 Å². The number of hydrogen-bond donors (Lipinski definition) is 0. The first-order chi connectivity index (χ1) is 73.3. The van der Waals surface area contributed by atoms with E-state index in [4.69, 9.17) is 30.0 Å². The van der Waals surface area contributed by atoms with Crippen LogP contribution in [0, 0.1) is 76.0 Å². The zero-order chi connectivity index (χ0) is 108. The second-order valence-corrected chi connectivity index (χ2v) is 58.8. The standard InChI is InChI=1S/4C20H18NOSi.4C12H10N.4Ir/c1-23(2,3)18-12-7-9-15-14-8-6-10-16(19(14)22-20(15)18)17-11-4-5-13-21-17;1-23(2,3)14-10-11-15-16-7-6-8-17(18-9-4-5-12-21-18)20(16)22-19(15)13-14;1-23(2,3)14-10-11-19-17(13-14)15-7-6-8-16(20(15)22-19)18-9-4-5-12-21-18;1-23(2,3)18-12-11-14(16-9-6-7-13-21-16)20-19(18)15-8-4-5-10-17(15)22-20;4*1-10-7-8-12(13-9-10)11-5-3-2-4-6-11;;;;/h4-9,11-13H,1-3H3;2*4-7,9-13H,1-3H3;4-10,12-13H,1-3H3;4*2-5,7-9H,1H3;;;;/q8*-1;;;;/i;;;;3*1D3;;;;;. The molecule has 0 unspecified atom stereocenters. The van der Waals surface area contributed by atoms with Crippen molar-refractivity contribution in [3.05, 3.63) is 460 Å². The van der Waals surface area contributed by atoms with E-state index in [1.165, 1.54) is 66.4 Å². The molecular weight excluding hydrogens is 2590 g/mol. The summed E-state index contributed by atoms with van der Waals surface area (Å²) in [7, 11) is -5.70. The van der Waals surface area contributed by atoms with Crippen LogP contribution in [0.2, 0.25) is 78.6 Å². The Morgan fingerprint density at radius 1 is 0.230 bits per heavy atom. The summed E-state index contributed by atoms with van der Waals surface area (Å²) in [5.41, 5.74) is 23.4. The molecule has 20 heteroatoms. The van der Waals surface area contributed by atoms with Gasteiger partial charge < -0.3 is 57.5 Å². The molecule has 12 heterocycles. The number of furan rings is 4. The number of benzene rings is 12. The van der Waals surface area contributed by atoms with Crippen molar-refractivity contribution in [1.82, 2.24) is 39.9 Å². The Labute approximate surface area is 939 Å². The monoisotopic (exact) mass is 2720 g/mol. The maximum absolute atomic E-state index is 7.23. The summed E-state index contributed by atoms with van der Waals surface area (Å²) < 4.78 is 90.1. The first-order valence-electron chi connectivity index (χ1n) is 52.1. The van der Waals surface area contributed by atoms with E-state index in [1.54, 1.807) is 73.2 Å². The van der Waals surface area contributed by atoms with Crippen molar-refractivity contribution >= 4 is 141 Å². The third-order valence-electron chi connectivity index (χ3n) is 23.9. The molecule has 0 spiro atoms. The van der Waals surface area contributed by atoms with E-state index in [1.807, 2.05) is 207 Å². The molecule has 12 nitrogen and oxygen atoms in total. The molecule has 0 saturated heterocycles. The van der Waals surface area contributed by atoms with Gasteiger partial charge >= 0.3 is 0 Å². The molecule has 0 aliphatic rings. The van der Waals surface area contributed by atoms with Crippen molar-refractivity contribution in [2.45, 2.75) is 106 Å². The Bertz CT molecular complexity index is 8530. The Morgan fingerprint density at radius 3 is 0.959 bits per heavy atom. The number of aryl methyl sites for hydroxylation is 4. The third kappa shape index (κ3) is 27.5. The predicted octanol–water partition coefficient (Wildman–Crippen LogP) is 31.4. The van der Waals surface area contributed by atoms with Gasteiger partial charge in [0.25, 0.3) is 0 Å². The molecule has 24 rings (SSSR count). The zero-order valence-corrected chi connectivity index (χ0v) is 97.6. The molecule has 0 saturated carbocycles. The fourth-order valence-corrected chi connectivity index (χ4v) is 21.7. The van der Waals surface area contributed by atoms with Crippen LogP contribution in [-0.4, -0.2) is 72.2 Å². The van der Waals surface area contributed by atoms with E-state index >= 15 is 0 Å². The second-order valence-electron chi connectivity index (χ2n) is 38.6. The van der Waals surface area contributed by atoms with Gasteiger partial charge in [-0.2, -0.15) is 0 Å². The van der Waals surface area contributed by atoms with Crippen LogP contribution in [0.4, 0.5) is 0 Å². The molecule has 12 aromatic carbocycles. The summed E-state index contributed by atoms with van der Waals surface area (Å²) in [5, 5.41) is 15.0. The summed E-state index contributed by atoms with van der Waals surface area (Å²) in [6.07, 6.45) is 13.3. The molecule has 0 N–H and O–H groups in total. The topological polar surface area (TPSA) is 156 Å². The average Bonchev–Trinajstić information content (AvgIpc) is 1.57. The molecule has 0 aliphatic heterocycles. The Hall–Kier alpha value is -13.5. The minimum absolute atomic E-state index is 0. The first-order valence-corrected chi connectivity index (χ1v) is 61.6. The molecule has 12 aromatic heterocycles. The number of fused-ring (bicyclic) bond motifs is 12. The smallest absolute Gasteiger partial charge is 0.120 e. The Morgan fingerprint density at radius 2 is 0.574 bits per heavy atom. The molecular formula is C128H112Ir4N8O4Si4-8. The number of nitrogens with zero attached hydrogens (tertiary/aromatic N) is 8. The largest absolute Gasteiger partial charge is 0.501 e. The van der Waals surface area contributed by atoms with Crippen LogP contribution in [-0.2, 0) is 80.4 Å². The van der Waals surface area contributed by atoms with E-state index in [-0.39, 0.29) is 97.1 Å². The van der Waals surface area contributed by atoms with Gasteiger partial charge in [-0.05, 0) is 143 Å². The Kier molecular flexibility index (Phi) is 34.1. The van der Waals surface area contributed by atoms with Crippen molar-refractivity contribution in [2.24, 2.45) is 0 Å². The second kappa shape index (κ2) is 50.9. The van der Waals surface area contributed by atoms with Crippen LogP contribution in [0.25, 0.3) is 178 Å². The van der Waals surface area contributed by atoms with Gasteiger partial charge in [0.1, 0.15) is 22.3 Å². The number of pyridine rings is 8. The quantitative estimate of drug-likeness (QED) is 0.0844. The van der Waals surface area contributed by atoms with Crippen molar-refractivity contribution in [2.75, 3.05) is 0 Å². The minimum atomic E-state index is -2.09. The molecule has 0 aliphatic carbocycles. The fourth-order valence-electron chi connectivity index (χ4n) is 16.4. The zero-order valence-electron chi connectivity index (χ0n) is 93.0. The van der Waals surface area contributed by atoms with Gasteiger partial charge in [0, 0.05) is 172 Å². The van der Waals surface area contributed by atoms with Crippen LogP contribution in [0.1, 0.15) is 34.6 Å². The molecule has 4 radical (unpaired) electrons. The number of para-hydroxylation sites is 2. The van der Waals surface area contributed by atoms with Gasteiger partial charge in [0.05, 0.1) is 46.6 Å². The van der Waals surface area contributed by atoms with Crippen LogP contribution in [0.3, 0.4) is 0 Å². The summed E-state index contributed by atoms with van der Waals surface area (Å²) >= 11 is 0. The van der Waals surface area contributed by atoms with Crippen molar-refractivity contribution in [3.8, 4) is 90.1 Å². The molecule has 0 bridgehead atoms. The van der Waals surface area contributed by atoms with Crippen LogP contribution in [0.15, 0.2) is 407 Å². The van der Waals surface area contributed by atoms with E-state index in [0.717, 1.165) is 156 Å². The van der Waals surface area contributed by atoms with E-state index in [2.05, 4.69) is 264 Å². The van der Waals surface area contributed by atoms with Crippen LogP contribution in [0.5, 0.6) is 0 Å². The normalized spacial score (nSPS) is 12.2.